The zero-order valence-electron chi connectivity index (χ0n) is 13.5. The van der Waals surface area contributed by atoms with Gasteiger partial charge in [-0.25, -0.2) is 0 Å². The van der Waals surface area contributed by atoms with Gasteiger partial charge in [-0.2, -0.15) is 0 Å². The summed E-state index contributed by atoms with van der Waals surface area (Å²) >= 11 is 5.95. The Hall–Kier alpha value is -1.31. The fourth-order valence-corrected chi connectivity index (χ4v) is 2.89. The molecule has 0 heterocycles. The van der Waals surface area contributed by atoms with Gasteiger partial charge in [-0.3, -0.25) is 0 Å². The van der Waals surface area contributed by atoms with E-state index in [0.717, 1.165) is 5.02 Å². The molecule has 0 aliphatic carbocycles. The normalized spacial score (nSPS) is 14.0. The van der Waals surface area contributed by atoms with E-state index in [1.54, 1.807) is 0 Å². The van der Waals surface area contributed by atoms with Crippen LogP contribution in [0, 0.1) is 20.8 Å². The molecule has 2 atom stereocenters. The molecule has 0 fully saturated rings. The van der Waals surface area contributed by atoms with Crippen LogP contribution < -0.4 is 5.32 Å². The maximum Gasteiger partial charge on any atom is 0.0406 e. The van der Waals surface area contributed by atoms with E-state index in [-0.39, 0.29) is 0 Å². The molecule has 2 rings (SSSR count). The fraction of sp³-hybridized carbons (Fsp3) is 0.368. The van der Waals surface area contributed by atoms with E-state index in [1.165, 1.54) is 27.8 Å². The highest BCUT2D eigenvalue weighted by molar-refractivity contribution is 6.30. The van der Waals surface area contributed by atoms with E-state index in [4.69, 9.17) is 11.6 Å². The van der Waals surface area contributed by atoms with Gasteiger partial charge >= 0.3 is 0 Å². The maximum atomic E-state index is 5.95. The van der Waals surface area contributed by atoms with Gasteiger partial charge in [0.15, 0.2) is 0 Å². The second-order valence-corrected chi connectivity index (χ2v) is 6.39. The molecule has 2 aromatic carbocycles. The largest absolute Gasteiger partial charge is 0.304 e. The molecule has 0 saturated heterocycles. The van der Waals surface area contributed by atoms with Gasteiger partial charge in [0.05, 0.1) is 0 Å². The highest BCUT2D eigenvalue weighted by Gasteiger charge is 2.13. The molecule has 0 aromatic heterocycles. The molecule has 0 amide bonds. The Bertz CT molecular complexity index is 616. The maximum absolute atomic E-state index is 5.95. The molecule has 2 heteroatoms. The summed E-state index contributed by atoms with van der Waals surface area (Å²) in [6.07, 6.45) is 0. The van der Waals surface area contributed by atoms with Gasteiger partial charge < -0.3 is 5.32 Å². The van der Waals surface area contributed by atoms with Crippen LogP contribution in [0.5, 0.6) is 0 Å². The van der Waals surface area contributed by atoms with E-state index < -0.39 is 0 Å². The van der Waals surface area contributed by atoms with Crippen LogP contribution in [-0.4, -0.2) is 0 Å². The van der Waals surface area contributed by atoms with Gasteiger partial charge in [-0.1, -0.05) is 35.9 Å². The second-order valence-electron chi connectivity index (χ2n) is 5.95. The molecule has 0 aliphatic heterocycles. The van der Waals surface area contributed by atoms with E-state index in [9.17, 15) is 0 Å². The SMILES string of the molecule is Cc1cc(C)c(C(C)N[C@@H](C)c2ccc(Cl)cc2)cc1C. The Morgan fingerprint density at radius 1 is 0.810 bits per heavy atom. The summed E-state index contributed by atoms with van der Waals surface area (Å²) in [6.45, 7) is 10.9. The van der Waals surface area contributed by atoms with Crippen molar-refractivity contribution in [3.8, 4) is 0 Å². The van der Waals surface area contributed by atoms with Crippen LogP contribution in [0.2, 0.25) is 5.02 Å². The van der Waals surface area contributed by atoms with Crippen molar-refractivity contribution in [1.29, 1.82) is 0 Å². The first kappa shape index (κ1) is 16.1. The average molecular weight is 302 g/mol. The van der Waals surface area contributed by atoms with Crippen LogP contribution >= 0.6 is 11.6 Å². The highest BCUT2D eigenvalue weighted by Crippen LogP contribution is 2.25. The molecule has 0 bridgehead atoms. The molecule has 0 spiro atoms. The lowest BCUT2D eigenvalue weighted by Gasteiger charge is -2.23. The molecule has 1 N–H and O–H groups in total. The van der Waals surface area contributed by atoms with Gasteiger partial charge in [-0.15, -0.1) is 0 Å². The first-order valence-corrected chi connectivity index (χ1v) is 7.85. The van der Waals surface area contributed by atoms with Gasteiger partial charge in [0, 0.05) is 17.1 Å². The Kier molecular flexibility index (Phi) is 5.08. The molecule has 112 valence electrons. The first-order chi connectivity index (χ1) is 9.88. The quantitative estimate of drug-likeness (QED) is 0.766. The summed E-state index contributed by atoms with van der Waals surface area (Å²) in [5.41, 5.74) is 6.69. The second kappa shape index (κ2) is 6.64. The molecule has 21 heavy (non-hydrogen) atoms. The summed E-state index contributed by atoms with van der Waals surface area (Å²) < 4.78 is 0. The Labute approximate surface area is 133 Å². The van der Waals surface area contributed by atoms with Gasteiger partial charge in [-0.05, 0) is 74.6 Å². The van der Waals surface area contributed by atoms with Crippen molar-refractivity contribution < 1.29 is 0 Å². The number of benzene rings is 2. The summed E-state index contributed by atoms with van der Waals surface area (Å²) in [5.74, 6) is 0. The summed E-state index contributed by atoms with van der Waals surface area (Å²) in [7, 11) is 0. The minimum absolute atomic E-state index is 0.290. The predicted octanol–water partition coefficient (Wildman–Crippen LogP) is 5.68. The lowest BCUT2D eigenvalue weighted by molar-refractivity contribution is 0.493. The molecule has 1 nitrogen and oxygen atoms in total. The van der Waals surface area contributed by atoms with Crippen LogP contribution in [0.15, 0.2) is 36.4 Å². The van der Waals surface area contributed by atoms with Gasteiger partial charge in [0.2, 0.25) is 0 Å². The summed E-state index contributed by atoms with van der Waals surface area (Å²) in [5, 5.41) is 4.46. The Morgan fingerprint density at radius 3 is 2.00 bits per heavy atom. The van der Waals surface area contributed by atoms with E-state index in [1.807, 2.05) is 12.1 Å². The average Bonchev–Trinajstić information content (AvgIpc) is 2.43. The third-order valence-electron chi connectivity index (χ3n) is 4.22. The zero-order valence-corrected chi connectivity index (χ0v) is 14.3. The topological polar surface area (TPSA) is 12.0 Å². The van der Waals surface area contributed by atoms with Crippen molar-refractivity contribution >= 4 is 11.6 Å². The number of hydrogen-bond donors (Lipinski definition) is 1. The fourth-order valence-electron chi connectivity index (χ4n) is 2.76. The van der Waals surface area contributed by atoms with Gasteiger partial charge in [0.25, 0.3) is 0 Å². The van der Waals surface area contributed by atoms with Crippen LogP contribution in [0.4, 0.5) is 0 Å². The standard InChI is InChI=1S/C19H24ClN/c1-12-10-14(3)19(11-13(12)2)16(5)21-15(4)17-6-8-18(20)9-7-17/h6-11,15-16,21H,1-5H3/t15-,16?/m0/s1. The van der Waals surface area contributed by atoms with E-state index in [2.05, 4.69) is 64.2 Å². The minimum atomic E-state index is 0.290. The lowest BCUT2D eigenvalue weighted by atomic mass is 9.95. The summed E-state index contributed by atoms with van der Waals surface area (Å²) in [4.78, 5) is 0. The van der Waals surface area contributed by atoms with Crippen molar-refractivity contribution in [3.05, 3.63) is 69.2 Å². The molecule has 2 aromatic rings. The van der Waals surface area contributed by atoms with Crippen molar-refractivity contribution in [3.63, 3.8) is 0 Å². The van der Waals surface area contributed by atoms with Crippen LogP contribution in [0.1, 0.15) is 53.7 Å². The number of halogens is 1. The third-order valence-corrected chi connectivity index (χ3v) is 4.47. The Morgan fingerprint density at radius 2 is 1.38 bits per heavy atom. The Balaban J connectivity index is 2.15. The molecule has 0 saturated carbocycles. The predicted molar refractivity (Wildman–Crippen MR) is 92.1 cm³/mol. The zero-order chi connectivity index (χ0) is 15.6. The lowest BCUT2D eigenvalue weighted by Crippen LogP contribution is -2.23. The first-order valence-electron chi connectivity index (χ1n) is 7.47. The van der Waals surface area contributed by atoms with E-state index >= 15 is 0 Å². The van der Waals surface area contributed by atoms with E-state index in [0.29, 0.717) is 12.1 Å². The smallest absolute Gasteiger partial charge is 0.0406 e. The molecule has 0 radical (unpaired) electrons. The molecular weight excluding hydrogens is 278 g/mol. The third kappa shape index (κ3) is 3.87. The van der Waals surface area contributed by atoms with Crippen LogP contribution in [0.3, 0.4) is 0 Å². The van der Waals surface area contributed by atoms with Crippen LogP contribution in [-0.2, 0) is 0 Å². The van der Waals surface area contributed by atoms with Crippen LogP contribution in [0.25, 0.3) is 0 Å². The van der Waals surface area contributed by atoms with Gasteiger partial charge in [0.1, 0.15) is 0 Å². The number of hydrogen-bond acceptors (Lipinski definition) is 1. The summed E-state index contributed by atoms with van der Waals surface area (Å²) in [6, 6.07) is 13.2. The number of aryl methyl sites for hydroxylation is 3. The van der Waals surface area contributed by atoms with Crippen molar-refractivity contribution in [1.82, 2.24) is 5.32 Å². The number of nitrogens with one attached hydrogen (secondary N) is 1. The molecule has 0 aliphatic rings. The number of rotatable bonds is 4. The van der Waals surface area contributed by atoms with Crippen molar-refractivity contribution in [2.45, 2.75) is 46.7 Å². The minimum Gasteiger partial charge on any atom is -0.304 e. The monoisotopic (exact) mass is 301 g/mol. The van der Waals surface area contributed by atoms with Crippen molar-refractivity contribution in [2.24, 2.45) is 0 Å². The van der Waals surface area contributed by atoms with Crippen molar-refractivity contribution in [2.75, 3.05) is 0 Å². The molecule has 1 unspecified atom stereocenters. The molecular formula is C19H24ClN. The highest BCUT2D eigenvalue weighted by atomic mass is 35.5.